The van der Waals surface area contributed by atoms with Crippen LogP contribution in [0.3, 0.4) is 0 Å². The molecule has 1 aliphatic rings. The van der Waals surface area contributed by atoms with Crippen molar-refractivity contribution in [2.24, 2.45) is 7.05 Å². The van der Waals surface area contributed by atoms with Crippen LogP contribution in [0.4, 0.5) is 0 Å². The molecule has 1 amide bonds. The van der Waals surface area contributed by atoms with Crippen molar-refractivity contribution >= 4 is 16.8 Å². The standard InChI is InChI=1S/C18H20N4O/c1-21(11-12-3-4-14-7-8-19-15(14)9-12)18(23)17-10-16(13-5-6-13)20-22(17)2/h3-4,7-10,13,19H,5-6,11H2,1-2H3. The van der Waals surface area contributed by atoms with Gasteiger partial charge in [-0.25, -0.2) is 0 Å². The van der Waals surface area contributed by atoms with E-state index in [2.05, 4.69) is 28.3 Å². The van der Waals surface area contributed by atoms with E-state index in [1.54, 1.807) is 9.58 Å². The summed E-state index contributed by atoms with van der Waals surface area (Å²) in [5.74, 6) is 0.571. The third-order valence-corrected chi connectivity index (χ3v) is 4.50. The zero-order chi connectivity index (χ0) is 16.0. The Kier molecular flexibility index (Phi) is 3.22. The van der Waals surface area contributed by atoms with Crippen LogP contribution in [0.15, 0.2) is 36.5 Å². The van der Waals surface area contributed by atoms with Crippen LogP contribution in [0.25, 0.3) is 10.9 Å². The van der Waals surface area contributed by atoms with Gasteiger partial charge in [0.15, 0.2) is 0 Å². The van der Waals surface area contributed by atoms with Gasteiger partial charge in [0, 0.05) is 38.3 Å². The zero-order valence-electron chi connectivity index (χ0n) is 13.4. The number of nitrogens with one attached hydrogen (secondary N) is 1. The summed E-state index contributed by atoms with van der Waals surface area (Å²) in [5, 5.41) is 5.67. The molecule has 0 spiro atoms. The summed E-state index contributed by atoms with van der Waals surface area (Å²) in [5.41, 5.74) is 3.92. The SMILES string of the molecule is CN(Cc1ccc2cc[nH]c2c1)C(=O)c1cc(C2CC2)nn1C. The van der Waals surface area contributed by atoms with Crippen molar-refractivity contribution in [3.05, 3.63) is 53.5 Å². The molecule has 2 aromatic heterocycles. The molecule has 0 bridgehead atoms. The molecule has 0 radical (unpaired) electrons. The highest BCUT2D eigenvalue weighted by atomic mass is 16.2. The van der Waals surface area contributed by atoms with Gasteiger partial charge in [0.2, 0.25) is 0 Å². The fourth-order valence-electron chi connectivity index (χ4n) is 3.00. The average molecular weight is 308 g/mol. The second kappa shape index (κ2) is 5.26. The molecule has 1 aromatic carbocycles. The summed E-state index contributed by atoms with van der Waals surface area (Å²) in [7, 11) is 3.68. The molecule has 1 N–H and O–H groups in total. The smallest absolute Gasteiger partial charge is 0.272 e. The first-order valence-electron chi connectivity index (χ1n) is 7.97. The number of aromatic amines is 1. The number of carbonyl (C=O) groups is 1. The highest BCUT2D eigenvalue weighted by molar-refractivity contribution is 5.92. The van der Waals surface area contributed by atoms with Crippen LogP contribution < -0.4 is 0 Å². The van der Waals surface area contributed by atoms with Crippen LogP contribution in [0.5, 0.6) is 0 Å². The first-order valence-corrected chi connectivity index (χ1v) is 7.97. The van der Waals surface area contributed by atoms with E-state index >= 15 is 0 Å². The average Bonchev–Trinajstić information content (AvgIpc) is 3.16. The maximum Gasteiger partial charge on any atom is 0.272 e. The first kappa shape index (κ1) is 14.1. The van der Waals surface area contributed by atoms with E-state index < -0.39 is 0 Å². The highest BCUT2D eigenvalue weighted by Crippen LogP contribution is 2.39. The molecule has 5 nitrogen and oxygen atoms in total. The third kappa shape index (κ3) is 2.63. The van der Waals surface area contributed by atoms with Crippen LogP contribution in [0.2, 0.25) is 0 Å². The summed E-state index contributed by atoms with van der Waals surface area (Å²) >= 11 is 0. The number of H-pyrrole nitrogens is 1. The molecule has 4 rings (SSSR count). The largest absolute Gasteiger partial charge is 0.361 e. The molecular formula is C18H20N4O. The number of nitrogens with zero attached hydrogens (tertiary/aromatic N) is 3. The molecule has 0 aliphatic heterocycles. The number of carbonyl (C=O) groups excluding carboxylic acids is 1. The van der Waals surface area contributed by atoms with Crippen LogP contribution in [0, 0.1) is 0 Å². The summed E-state index contributed by atoms with van der Waals surface area (Å²) in [4.78, 5) is 17.7. The van der Waals surface area contributed by atoms with Crippen molar-refractivity contribution in [3.8, 4) is 0 Å². The maximum absolute atomic E-state index is 12.7. The number of fused-ring (bicyclic) bond motifs is 1. The van der Waals surface area contributed by atoms with Crippen molar-refractivity contribution in [2.75, 3.05) is 7.05 Å². The summed E-state index contributed by atoms with van der Waals surface area (Å²) in [6.07, 6.45) is 4.31. The second-order valence-corrected chi connectivity index (χ2v) is 6.41. The predicted molar refractivity (Wildman–Crippen MR) is 89.3 cm³/mol. The third-order valence-electron chi connectivity index (χ3n) is 4.50. The van der Waals surface area contributed by atoms with E-state index in [-0.39, 0.29) is 5.91 Å². The Morgan fingerprint density at radius 2 is 2.17 bits per heavy atom. The Hall–Kier alpha value is -2.56. The van der Waals surface area contributed by atoms with Gasteiger partial charge in [-0.05, 0) is 42.0 Å². The molecule has 0 unspecified atom stereocenters. The van der Waals surface area contributed by atoms with E-state index in [1.807, 2.05) is 32.4 Å². The van der Waals surface area contributed by atoms with Gasteiger partial charge in [-0.3, -0.25) is 9.48 Å². The number of amides is 1. The summed E-state index contributed by atoms with van der Waals surface area (Å²) in [6.45, 7) is 0.581. The number of aromatic nitrogens is 3. The molecule has 5 heteroatoms. The first-order chi connectivity index (χ1) is 11.1. The zero-order valence-corrected chi connectivity index (χ0v) is 13.4. The minimum Gasteiger partial charge on any atom is -0.361 e. The fraction of sp³-hybridized carbons (Fsp3) is 0.333. The molecule has 0 saturated heterocycles. The Morgan fingerprint density at radius 3 is 2.96 bits per heavy atom. The van der Waals surface area contributed by atoms with Gasteiger partial charge in [0.25, 0.3) is 5.91 Å². The predicted octanol–water partition coefficient (Wildman–Crippen LogP) is 3.05. The van der Waals surface area contributed by atoms with Crippen LogP contribution >= 0.6 is 0 Å². The molecule has 1 aliphatic carbocycles. The Labute approximate surface area is 134 Å². The minimum absolute atomic E-state index is 0.0125. The second-order valence-electron chi connectivity index (χ2n) is 6.41. The lowest BCUT2D eigenvalue weighted by Crippen LogP contribution is -2.28. The van der Waals surface area contributed by atoms with Crippen molar-refractivity contribution < 1.29 is 4.79 Å². The van der Waals surface area contributed by atoms with Crippen molar-refractivity contribution in [1.82, 2.24) is 19.7 Å². The van der Waals surface area contributed by atoms with E-state index in [1.165, 1.54) is 18.2 Å². The highest BCUT2D eigenvalue weighted by Gasteiger charge is 2.28. The van der Waals surface area contributed by atoms with E-state index in [0.717, 1.165) is 16.8 Å². The Morgan fingerprint density at radius 1 is 1.35 bits per heavy atom. The van der Waals surface area contributed by atoms with Gasteiger partial charge in [-0.2, -0.15) is 5.10 Å². The van der Waals surface area contributed by atoms with Gasteiger partial charge in [0.1, 0.15) is 5.69 Å². The lowest BCUT2D eigenvalue weighted by atomic mass is 10.1. The minimum atomic E-state index is 0.0125. The fourth-order valence-corrected chi connectivity index (χ4v) is 3.00. The molecule has 2 heterocycles. The van der Waals surface area contributed by atoms with E-state index in [9.17, 15) is 4.79 Å². The van der Waals surface area contributed by atoms with Crippen LogP contribution in [0.1, 0.15) is 40.5 Å². The van der Waals surface area contributed by atoms with E-state index in [0.29, 0.717) is 18.2 Å². The molecular weight excluding hydrogens is 288 g/mol. The maximum atomic E-state index is 12.7. The van der Waals surface area contributed by atoms with Gasteiger partial charge >= 0.3 is 0 Å². The van der Waals surface area contributed by atoms with Crippen LogP contribution in [-0.4, -0.2) is 32.6 Å². The monoisotopic (exact) mass is 308 g/mol. The number of hydrogen-bond donors (Lipinski definition) is 1. The normalized spacial score (nSPS) is 14.3. The van der Waals surface area contributed by atoms with Gasteiger partial charge in [-0.15, -0.1) is 0 Å². The Balaban J connectivity index is 1.53. The van der Waals surface area contributed by atoms with Crippen molar-refractivity contribution in [3.63, 3.8) is 0 Å². The van der Waals surface area contributed by atoms with E-state index in [4.69, 9.17) is 0 Å². The molecule has 23 heavy (non-hydrogen) atoms. The van der Waals surface area contributed by atoms with Crippen LogP contribution in [-0.2, 0) is 13.6 Å². The Bertz CT molecular complexity index is 872. The van der Waals surface area contributed by atoms with Gasteiger partial charge in [-0.1, -0.05) is 12.1 Å². The number of hydrogen-bond acceptors (Lipinski definition) is 2. The van der Waals surface area contributed by atoms with Gasteiger partial charge < -0.3 is 9.88 Å². The topological polar surface area (TPSA) is 53.9 Å². The number of aryl methyl sites for hydroxylation is 1. The molecule has 1 fully saturated rings. The molecule has 1 saturated carbocycles. The summed E-state index contributed by atoms with van der Waals surface area (Å²) < 4.78 is 1.71. The molecule has 118 valence electrons. The van der Waals surface area contributed by atoms with Crippen molar-refractivity contribution in [2.45, 2.75) is 25.3 Å². The lowest BCUT2D eigenvalue weighted by molar-refractivity contribution is 0.0774. The van der Waals surface area contributed by atoms with Gasteiger partial charge in [0.05, 0.1) is 5.69 Å². The molecule has 3 aromatic rings. The lowest BCUT2D eigenvalue weighted by Gasteiger charge is -2.17. The number of benzene rings is 1. The molecule has 0 atom stereocenters. The number of rotatable bonds is 4. The quantitative estimate of drug-likeness (QED) is 0.805. The summed E-state index contributed by atoms with van der Waals surface area (Å²) in [6, 6.07) is 10.2. The van der Waals surface area contributed by atoms with Crippen molar-refractivity contribution in [1.29, 1.82) is 0 Å².